The normalized spacial score (nSPS) is 19.4. The summed E-state index contributed by atoms with van der Waals surface area (Å²) in [5.41, 5.74) is 0.641. The first kappa shape index (κ1) is 17.7. The number of nitrogens with one attached hydrogen (secondary N) is 2. The first-order valence-corrected chi connectivity index (χ1v) is 9.11. The second-order valence-electron chi connectivity index (χ2n) is 6.48. The van der Waals surface area contributed by atoms with Gasteiger partial charge in [-0.2, -0.15) is 0 Å². The molecule has 3 aromatic heterocycles. The number of halogens is 1. The van der Waals surface area contributed by atoms with Crippen LogP contribution in [-0.2, 0) is 0 Å². The van der Waals surface area contributed by atoms with Crippen molar-refractivity contribution in [1.29, 1.82) is 0 Å². The summed E-state index contributed by atoms with van der Waals surface area (Å²) >= 11 is 5.97. The van der Waals surface area contributed by atoms with E-state index < -0.39 is 6.10 Å². The number of anilines is 3. The standard InChI is InChI=1S/C18H20ClN7O/c1-20-16-6-17(24-10-23-16)26-9-14(27)5-13(26)8-21-15-3-2-11-4-12(19)7-22-18(11)25-15/h2-4,6-7,10,13-14,27H,5,8-9H2,1H3,(H,20,23,24)(H,21,22,25)/t13-,14-/m1/s1. The Bertz CT molecular complexity index is 954. The van der Waals surface area contributed by atoms with E-state index in [-0.39, 0.29) is 6.04 Å². The Hall–Kier alpha value is -2.71. The van der Waals surface area contributed by atoms with Crippen molar-refractivity contribution in [2.75, 3.05) is 35.7 Å². The third-order valence-electron chi connectivity index (χ3n) is 4.62. The van der Waals surface area contributed by atoms with Crippen LogP contribution in [0.1, 0.15) is 6.42 Å². The number of aliphatic hydroxyl groups is 1. The van der Waals surface area contributed by atoms with Crippen LogP contribution in [0.2, 0.25) is 5.02 Å². The summed E-state index contributed by atoms with van der Waals surface area (Å²) in [6.07, 6.45) is 3.38. The highest BCUT2D eigenvalue weighted by molar-refractivity contribution is 6.31. The molecule has 0 radical (unpaired) electrons. The highest BCUT2D eigenvalue weighted by Gasteiger charge is 2.32. The van der Waals surface area contributed by atoms with Crippen molar-refractivity contribution in [3.05, 3.63) is 41.8 Å². The smallest absolute Gasteiger partial charge is 0.161 e. The number of hydrogen-bond acceptors (Lipinski definition) is 8. The van der Waals surface area contributed by atoms with E-state index in [2.05, 4.69) is 35.5 Å². The minimum absolute atomic E-state index is 0.0929. The summed E-state index contributed by atoms with van der Waals surface area (Å²) in [5, 5.41) is 18.0. The summed E-state index contributed by atoms with van der Waals surface area (Å²) in [4.78, 5) is 19.4. The van der Waals surface area contributed by atoms with Gasteiger partial charge in [-0.15, -0.1) is 0 Å². The molecule has 1 aliphatic heterocycles. The van der Waals surface area contributed by atoms with Crippen molar-refractivity contribution in [3.63, 3.8) is 0 Å². The molecule has 0 aliphatic carbocycles. The molecule has 0 spiro atoms. The Labute approximate surface area is 161 Å². The summed E-state index contributed by atoms with van der Waals surface area (Å²) in [6.45, 7) is 1.17. The molecule has 0 unspecified atom stereocenters. The fraction of sp³-hybridized carbons (Fsp3) is 0.333. The van der Waals surface area contributed by atoms with Crippen molar-refractivity contribution in [2.24, 2.45) is 0 Å². The summed E-state index contributed by atoms with van der Waals surface area (Å²) in [6, 6.07) is 7.65. The molecule has 8 nitrogen and oxygen atoms in total. The van der Waals surface area contributed by atoms with Crippen LogP contribution in [-0.4, -0.2) is 57.3 Å². The van der Waals surface area contributed by atoms with Crippen molar-refractivity contribution in [2.45, 2.75) is 18.6 Å². The third kappa shape index (κ3) is 3.86. The molecule has 0 bridgehead atoms. The van der Waals surface area contributed by atoms with E-state index in [1.165, 1.54) is 6.33 Å². The topological polar surface area (TPSA) is 99.1 Å². The summed E-state index contributed by atoms with van der Waals surface area (Å²) in [7, 11) is 1.82. The molecule has 0 aromatic carbocycles. The maximum absolute atomic E-state index is 10.2. The molecule has 2 atom stereocenters. The van der Waals surface area contributed by atoms with Crippen molar-refractivity contribution >= 4 is 40.1 Å². The SMILES string of the molecule is CNc1cc(N2C[C@H](O)C[C@@H]2CNc2ccc3cc(Cl)cnc3n2)ncn1. The Balaban J connectivity index is 1.49. The Morgan fingerprint density at radius 1 is 1.22 bits per heavy atom. The molecule has 140 valence electrons. The molecule has 0 saturated carbocycles. The number of hydrogen-bond donors (Lipinski definition) is 3. The average Bonchev–Trinajstić information content (AvgIpc) is 3.07. The molecule has 3 N–H and O–H groups in total. The summed E-state index contributed by atoms with van der Waals surface area (Å²) < 4.78 is 0. The number of aliphatic hydroxyl groups excluding tert-OH is 1. The van der Waals surface area contributed by atoms with Crippen LogP contribution in [0, 0.1) is 0 Å². The van der Waals surface area contributed by atoms with Gasteiger partial charge in [0, 0.05) is 37.8 Å². The lowest BCUT2D eigenvalue weighted by Crippen LogP contribution is -2.35. The van der Waals surface area contributed by atoms with Gasteiger partial charge in [0.15, 0.2) is 5.65 Å². The molecular weight excluding hydrogens is 366 g/mol. The summed E-state index contributed by atoms with van der Waals surface area (Å²) in [5.74, 6) is 2.27. The Morgan fingerprint density at radius 2 is 2.11 bits per heavy atom. The van der Waals surface area contributed by atoms with Crippen LogP contribution < -0.4 is 15.5 Å². The van der Waals surface area contributed by atoms with Gasteiger partial charge in [-0.1, -0.05) is 11.6 Å². The van der Waals surface area contributed by atoms with Gasteiger partial charge < -0.3 is 20.6 Å². The van der Waals surface area contributed by atoms with Gasteiger partial charge >= 0.3 is 0 Å². The minimum Gasteiger partial charge on any atom is -0.391 e. The molecule has 4 rings (SSSR count). The predicted octanol–water partition coefficient (Wildman–Crippen LogP) is 2.17. The van der Waals surface area contributed by atoms with Crippen molar-refractivity contribution in [1.82, 2.24) is 19.9 Å². The number of nitrogens with zero attached hydrogens (tertiary/aromatic N) is 5. The van der Waals surface area contributed by atoms with Crippen molar-refractivity contribution < 1.29 is 5.11 Å². The number of pyridine rings is 2. The van der Waals surface area contributed by atoms with Crippen LogP contribution in [0.3, 0.4) is 0 Å². The van der Waals surface area contributed by atoms with Gasteiger partial charge in [-0.25, -0.2) is 19.9 Å². The highest BCUT2D eigenvalue weighted by atomic mass is 35.5. The minimum atomic E-state index is -0.391. The van der Waals surface area contributed by atoms with E-state index >= 15 is 0 Å². The lowest BCUT2D eigenvalue weighted by Gasteiger charge is -2.26. The second kappa shape index (κ2) is 7.50. The Kier molecular flexibility index (Phi) is 4.91. The highest BCUT2D eigenvalue weighted by Crippen LogP contribution is 2.26. The molecule has 1 aliphatic rings. The fourth-order valence-corrected chi connectivity index (χ4v) is 3.48. The van der Waals surface area contributed by atoms with E-state index in [4.69, 9.17) is 11.6 Å². The molecular formula is C18H20ClN7O. The molecule has 27 heavy (non-hydrogen) atoms. The van der Waals surface area contributed by atoms with Gasteiger partial charge in [0.25, 0.3) is 0 Å². The first-order chi connectivity index (χ1) is 13.1. The lowest BCUT2D eigenvalue weighted by atomic mass is 10.2. The number of fused-ring (bicyclic) bond motifs is 1. The zero-order valence-electron chi connectivity index (χ0n) is 14.8. The van der Waals surface area contributed by atoms with Crippen LogP contribution >= 0.6 is 11.6 Å². The molecule has 9 heteroatoms. The zero-order chi connectivity index (χ0) is 18.8. The monoisotopic (exact) mass is 385 g/mol. The third-order valence-corrected chi connectivity index (χ3v) is 4.83. The van der Waals surface area contributed by atoms with Crippen LogP contribution in [0.25, 0.3) is 11.0 Å². The first-order valence-electron chi connectivity index (χ1n) is 8.73. The van der Waals surface area contributed by atoms with Gasteiger partial charge in [0.1, 0.15) is 23.8 Å². The molecule has 3 aromatic rings. The molecule has 1 fully saturated rings. The predicted molar refractivity (Wildman–Crippen MR) is 106 cm³/mol. The van der Waals surface area contributed by atoms with Crippen LogP contribution in [0.4, 0.5) is 17.5 Å². The number of rotatable bonds is 5. The maximum Gasteiger partial charge on any atom is 0.161 e. The number of β-amino-alcohol motifs (C(OH)–C–C–N with tert-alkyl or cyclic N) is 1. The number of aromatic nitrogens is 4. The Morgan fingerprint density at radius 3 is 2.96 bits per heavy atom. The van der Waals surface area contributed by atoms with Gasteiger partial charge in [-0.05, 0) is 24.6 Å². The average molecular weight is 386 g/mol. The van der Waals surface area contributed by atoms with Crippen molar-refractivity contribution in [3.8, 4) is 0 Å². The van der Waals surface area contributed by atoms with E-state index in [0.29, 0.717) is 30.2 Å². The maximum atomic E-state index is 10.2. The fourth-order valence-electron chi connectivity index (χ4n) is 3.31. The van der Waals surface area contributed by atoms with Gasteiger partial charge in [0.2, 0.25) is 0 Å². The second-order valence-corrected chi connectivity index (χ2v) is 6.92. The quantitative estimate of drug-likeness (QED) is 0.614. The van der Waals surface area contributed by atoms with E-state index in [9.17, 15) is 5.11 Å². The van der Waals surface area contributed by atoms with Gasteiger partial charge in [0.05, 0.1) is 17.2 Å². The molecule has 4 heterocycles. The van der Waals surface area contributed by atoms with E-state index in [1.54, 1.807) is 6.20 Å². The zero-order valence-corrected chi connectivity index (χ0v) is 15.6. The van der Waals surface area contributed by atoms with E-state index in [1.807, 2.05) is 31.3 Å². The molecule has 0 amide bonds. The van der Waals surface area contributed by atoms with Gasteiger partial charge in [-0.3, -0.25) is 0 Å². The van der Waals surface area contributed by atoms with Crippen LogP contribution in [0.5, 0.6) is 0 Å². The molecule has 1 saturated heterocycles. The largest absolute Gasteiger partial charge is 0.391 e. The van der Waals surface area contributed by atoms with E-state index in [0.717, 1.165) is 22.8 Å². The van der Waals surface area contributed by atoms with Crippen LogP contribution in [0.15, 0.2) is 36.8 Å². The lowest BCUT2D eigenvalue weighted by molar-refractivity contribution is 0.194.